The average Bonchev–Trinajstić information content (AvgIpc) is 3.55. The van der Waals surface area contributed by atoms with Gasteiger partial charge in [0.05, 0.1) is 30.2 Å². The van der Waals surface area contributed by atoms with Crippen LogP contribution in [0.15, 0.2) is 48.1 Å². The Morgan fingerprint density at radius 1 is 1.03 bits per heavy atom. The molecule has 6 nitrogen and oxygen atoms in total. The average molecular weight is 545 g/mol. The summed E-state index contributed by atoms with van der Waals surface area (Å²) in [6.45, 7) is 15.3. The summed E-state index contributed by atoms with van der Waals surface area (Å²) >= 11 is 1.72. The van der Waals surface area contributed by atoms with Crippen LogP contribution in [0.4, 0.5) is 0 Å². The van der Waals surface area contributed by atoms with Gasteiger partial charge in [0, 0.05) is 41.1 Å². The van der Waals surface area contributed by atoms with Crippen LogP contribution in [0.1, 0.15) is 77.1 Å². The van der Waals surface area contributed by atoms with Crippen molar-refractivity contribution >= 4 is 28.3 Å². The van der Waals surface area contributed by atoms with E-state index in [0.29, 0.717) is 12.5 Å². The number of imidazole rings is 1. The van der Waals surface area contributed by atoms with Gasteiger partial charge < -0.3 is 14.2 Å². The Labute approximate surface area is 236 Å². The molecule has 0 N–H and O–H groups in total. The molecule has 0 unspecified atom stereocenters. The molecular formula is C32H40N4O2S. The molecule has 1 saturated heterocycles. The number of ether oxygens (including phenoxy) is 1. The van der Waals surface area contributed by atoms with Crippen molar-refractivity contribution in [3.05, 3.63) is 64.9 Å². The number of para-hydroxylation sites is 2. The van der Waals surface area contributed by atoms with Crippen molar-refractivity contribution in [2.45, 2.75) is 77.7 Å². The maximum Gasteiger partial charge on any atom is 0.242 e. The van der Waals surface area contributed by atoms with Crippen LogP contribution < -0.4 is 4.74 Å². The van der Waals surface area contributed by atoms with Gasteiger partial charge in [-0.3, -0.25) is 4.79 Å². The number of methoxy groups -OCH3 is 1. The van der Waals surface area contributed by atoms with E-state index < -0.39 is 0 Å². The van der Waals surface area contributed by atoms with Crippen molar-refractivity contribution < 1.29 is 9.53 Å². The summed E-state index contributed by atoms with van der Waals surface area (Å²) in [5.74, 6) is 1.50. The molecule has 0 aliphatic carbocycles. The van der Waals surface area contributed by atoms with Crippen molar-refractivity contribution in [2.24, 2.45) is 0 Å². The quantitative estimate of drug-likeness (QED) is 0.267. The number of likely N-dealkylation sites (tertiary alicyclic amines) is 1. The highest BCUT2D eigenvalue weighted by molar-refractivity contribution is 7.13. The summed E-state index contributed by atoms with van der Waals surface area (Å²) in [4.78, 5) is 24.6. The molecule has 1 aliphatic heterocycles. The second-order valence-corrected chi connectivity index (χ2v) is 13.6. The molecule has 1 aliphatic rings. The number of benzene rings is 2. The van der Waals surface area contributed by atoms with E-state index in [4.69, 9.17) is 9.72 Å². The molecule has 3 heterocycles. The van der Waals surface area contributed by atoms with E-state index in [2.05, 4.69) is 64.0 Å². The zero-order valence-corrected chi connectivity index (χ0v) is 25.1. The molecule has 0 radical (unpaired) electrons. The van der Waals surface area contributed by atoms with E-state index in [9.17, 15) is 4.79 Å². The van der Waals surface area contributed by atoms with Gasteiger partial charge in [-0.1, -0.05) is 53.7 Å². The molecule has 2 aromatic carbocycles. The first-order valence-electron chi connectivity index (χ1n) is 13.8. The number of aromatic nitrogens is 3. The van der Waals surface area contributed by atoms with Crippen molar-refractivity contribution in [3.8, 4) is 16.3 Å². The van der Waals surface area contributed by atoms with Crippen molar-refractivity contribution in [2.75, 3.05) is 20.2 Å². The van der Waals surface area contributed by atoms with Crippen LogP contribution in [-0.2, 0) is 22.2 Å². The van der Waals surface area contributed by atoms with E-state index in [1.165, 1.54) is 11.1 Å². The summed E-state index contributed by atoms with van der Waals surface area (Å²) in [7, 11) is 1.77. The molecule has 39 heavy (non-hydrogen) atoms. The van der Waals surface area contributed by atoms with Gasteiger partial charge in [-0.2, -0.15) is 0 Å². The fourth-order valence-corrected chi connectivity index (χ4v) is 6.39. The number of hydrogen-bond acceptors (Lipinski definition) is 5. The molecular weight excluding hydrogens is 504 g/mol. The van der Waals surface area contributed by atoms with Gasteiger partial charge in [0.1, 0.15) is 17.3 Å². The number of thiazole rings is 1. The number of fused-ring (bicyclic) bond motifs is 1. The Kier molecular flexibility index (Phi) is 7.31. The highest BCUT2D eigenvalue weighted by atomic mass is 32.1. The van der Waals surface area contributed by atoms with Gasteiger partial charge in [0.15, 0.2) is 0 Å². The van der Waals surface area contributed by atoms with Crippen LogP contribution in [0.5, 0.6) is 5.75 Å². The smallest absolute Gasteiger partial charge is 0.242 e. The van der Waals surface area contributed by atoms with Crippen LogP contribution in [0, 0.1) is 0 Å². The fraction of sp³-hybridized carbons (Fsp3) is 0.469. The molecule has 0 spiro atoms. The fourth-order valence-electron chi connectivity index (χ4n) is 5.50. The minimum absolute atomic E-state index is 0.0518. The van der Waals surface area contributed by atoms with Crippen LogP contribution in [-0.4, -0.2) is 45.5 Å². The summed E-state index contributed by atoms with van der Waals surface area (Å²) in [5, 5.41) is 3.27. The number of carbonyl (C=O) groups excluding carboxylic acids is 1. The number of carbonyl (C=O) groups is 1. The lowest BCUT2D eigenvalue weighted by Gasteiger charge is -2.31. The zero-order chi connectivity index (χ0) is 27.9. The number of hydrogen-bond donors (Lipinski definition) is 0. The predicted molar refractivity (Wildman–Crippen MR) is 160 cm³/mol. The van der Waals surface area contributed by atoms with Crippen LogP contribution in [0.3, 0.4) is 0 Å². The third-order valence-electron chi connectivity index (χ3n) is 7.78. The number of nitrogens with zero attached hydrogens (tertiary/aromatic N) is 4. The van der Waals surface area contributed by atoms with Gasteiger partial charge in [0.25, 0.3) is 0 Å². The highest BCUT2D eigenvalue weighted by Crippen LogP contribution is 2.43. The van der Waals surface area contributed by atoms with Crippen LogP contribution in [0.25, 0.3) is 21.6 Å². The predicted octanol–water partition coefficient (Wildman–Crippen LogP) is 7.17. The van der Waals surface area contributed by atoms with E-state index >= 15 is 0 Å². The second kappa shape index (κ2) is 10.4. The molecule has 5 rings (SSSR count). The van der Waals surface area contributed by atoms with Crippen molar-refractivity contribution in [3.63, 3.8) is 0 Å². The maximum atomic E-state index is 13.1. The second-order valence-electron chi connectivity index (χ2n) is 12.7. The standard InChI is InChI=1S/C32H40N4O2S/c1-31(2,3)23-16-22(17-24(29(23)38-7)32(4,5)6)30-34-26(19-39-30)21-12-14-35(15-13-21)28(37)18-36-20-33-25-10-8-9-11-27(25)36/h8-11,16-17,19-21H,12-15,18H2,1-7H3. The van der Waals surface area contributed by atoms with Crippen molar-refractivity contribution in [1.29, 1.82) is 0 Å². The Hall–Kier alpha value is -3.19. The lowest BCUT2D eigenvalue weighted by molar-refractivity contribution is -0.132. The van der Waals surface area contributed by atoms with Gasteiger partial charge >= 0.3 is 0 Å². The minimum atomic E-state index is -0.0518. The van der Waals surface area contributed by atoms with Gasteiger partial charge in [-0.05, 0) is 47.9 Å². The van der Waals surface area contributed by atoms with Gasteiger partial charge in [-0.25, -0.2) is 9.97 Å². The zero-order valence-electron chi connectivity index (χ0n) is 24.2. The third-order valence-corrected chi connectivity index (χ3v) is 8.69. The van der Waals surface area contributed by atoms with Gasteiger partial charge in [0.2, 0.25) is 5.91 Å². The Morgan fingerprint density at radius 3 is 2.28 bits per heavy atom. The van der Waals surface area contributed by atoms with Crippen LogP contribution >= 0.6 is 11.3 Å². The lowest BCUT2D eigenvalue weighted by Crippen LogP contribution is -2.39. The molecule has 0 atom stereocenters. The lowest BCUT2D eigenvalue weighted by atomic mass is 9.78. The van der Waals surface area contributed by atoms with Crippen molar-refractivity contribution in [1.82, 2.24) is 19.4 Å². The molecule has 0 saturated carbocycles. The normalized spacial score (nSPS) is 15.2. The monoisotopic (exact) mass is 544 g/mol. The number of rotatable bonds is 5. The summed E-state index contributed by atoms with van der Waals surface area (Å²) in [6.07, 6.45) is 3.63. The summed E-state index contributed by atoms with van der Waals surface area (Å²) in [5.41, 5.74) is 6.54. The molecule has 4 aromatic rings. The SMILES string of the molecule is COc1c(C(C)(C)C)cc(-c2nc(C3CCN(C(=O)Cn4cnc5ccccc54)CC3)cs2)cc1C(C)(C)C. The number of piperidine rings is 1. The molecule has 206 valence electrons. The highest BCUT2D eigenvalue weighted by Gasteiger charge is 2.29. The summed E-state index contributed by atoms with van der Waals surface area (Å²) < 4.78 is 7.90. The number of amides is 1. The first-order chi connectivity index (χ1) is 18.5. The molecule has 1 fully saturated rings. The van der Waals surface area contributed by atoms with E-state index in [1.54, 1.807) is 24.8 Å². The first-order valence-corrected chi connectivity index (χ1v) is 14.7. The minimum Gasteiger partial charge on any atom is -0.496 e. The van der Waals surface area contributed by atoms with E-state index in [1.807, 2.05) is 33.7 Å². The molecule has 7 heteroatoms. The van der Waals surface area contributed by atoms with E-state index in [0.717, 1.165) is 59.0 Å². The first kappa shape index (κ1) is 27.4. The topological polar surface area (TPSA) is 60.2 Å². The van der Waals surface area contributed by atoms with E-state index in [-0.39, 0.29) is 16.7 Å². The molecule has 2 aromatic heterocycles. The Bertz CT molecular complexity index is 1440. The molecule has 0 bridgehead atoms. The van der Waals surface area contributed by atoms with Gasteiger partial charge in [-0.15, -0.1) is 11.3 Å². The maximum absolute atomic E-state index is 13.1. The van der Waals surface area contributed by atoms with Crippen LogP contribution in [0.2, 0.25) is 0 Å². The molecule has 1 amide bonds. The Morgan fingerprint density at radius 2 is 1.67 bits per heavy atom. The summed E-state index contributed by atoms with van der Waals surface area (Å²) in [6, 6.07) is 12.5. The Balaban J connectivity index is 1.31. The third kappa shape index (κ3) is 5.60. The largest absolute Gasteiger partial charge is 0.496 e.